The highest BCUT2D eigenvalue weighted by atomic mass is 16.5. The summed E-state index contributed by atoms with van der Waals surface area (Å²) in [5.41, 5.74) is 9.49. The molecule has 156 valence electrons. The number of ether oxygens (including phenoxy) is 1. The van der Waals surface area contributed by atoms with Crippen LogP contribution in [0, 0.1) is 5.92 Å². The van der Waals surface area contributed by atoms with Gasteiger partial charge in [0.15, 0.2) is 0 Å². The second kappa shape index (κ2) is 8.60. The van der Waals surface area contributed by atoms with Crippen LogP contribution >= 0.6 is 0 Å². The Morgan fingerprint density at radius 3 is 2.60 bits per heavy atom. The highest BCUT2D eigenvalue weighted by molar-refractivity contribution is 6.13. The Morgan fingerprint density at radius 1 is 1.30 bits per heavy atom. The summed E-state index contributed by atoms with van der Waals surface area (Å²) >= 11 is 0. The standard InChI is InChI=1S/C20H22N6O4/c1-30-14-7-5-13(6-8-14)12-20(18(28)29)15(9-11-24-25-19(21)22)17(27)26(20)16-4-2-3-10-23-16/h2-8,10-11,15H,9,12H2,1H3,(H,28,29)(H4,21,22,25)/p-1/t15-,20-/m0/s1. The van der Waals surface area contributed by atoms with Gasteiger partial charge in [0.2, 0.25) is 11.9 Å². The van der Waals surface area contributed by atoms with E-state index in [2.05, 4.69) is 15.2 Å². The topological polar surface area (TPSA) is 159 Å². The van der Waals surface area contributed by atoms with Crippen molar-refractivity contribution in [2.75, 3.05) is 12.0 Å². The number of methoxy groups -OCH3 is 1. The van der Waals surface area contributed by atoms with Crippen molar-refractivity contribution >= 4 is 29.9 Å². The number of carboxylic acids is 1. The van der Waals surface area contributed by atoms with Crippen molar-refractivity contribution in [1.29, 1.82) is 0 Å². The zero-order chi connectivity index (χ0) is 21.7. The summed E-state index contributed by atoms with van der Waals surface area (Å²) in [7, 11) is 1.54. The highest BCUT2D eigenvalue weighted by Crippen LogP contribution is 2.44. The van der Waals surface area contributed by atoms with E-state index < -0.39 is 23.3 Å². The first-order chi connectivity index (χ1) is 14.4. The molecule has 0 bridgehead atoms. The van der Waals surface area contributed by atoms with Crippen molar-refractivity contribution < 1.29 is 19.4 Å². The molecular weight excluding hydrogens is 388 g/mol. The molecule has 1 saturated heterocycles. The van der Waals surface area contributed by atoms with Gasteiger partial charge in [-0.25, -0.2) is 4.98 Å². The lowest BCUT2D eigenvalue weighted by molar-refractivity contribution is -0.316. The third kappa shape index (κ3) is 3.79. The Morgan fingerprint density at radius 2 is 2.03 bits per heavy atom. The van der Waals surface area contributed by atoms with Crippen LogP contribution in [0.3, 0.4) is 0 Å². The Kier molecular flexibility index (Phi) is 5.95. The van der Waals surface area contributed by atoms with E-state index in [0.29, 0.717) is 11.3 Å². The van der Waals surface area contributed by atoms with Gasteiger partial charge >= 0.3 is 0 Å². The van der Waals surface area contributed by atoms with E-state index in [1.54, 1.807) is 42.5 Å². The smallest absolute Gasteiger partial charge is 0.235 e. The summed E-state index contributed by atoms with van der Waals surface area (Å²) in [6.45, 7) is 0. The first kappa shape index (κ1) is 20.8. The van der Waals surface area contributed by atoms with Crippen molar-refractivity contribution in [2.24, 2.45) is 27.6 Å². The minimum Gasteiger partial charge on any atom is -0.548 e. The van der Waals surface area contributed by atoms with E-state index in [-0.39, 0.29) is 24.6 Å². The molecule has 30 heavy (non-hydrogen) atoms. The Labute approximate surface area is 172 Å². The fraction of sp³-hybridized carbons (Fsp3) is 0.250. The summed E-state index contributed by atoms with van der Waals surface area (Å²) in [5, 5.41) is 19.6. The lowest BCUT2D eigenvalue weighted by Gasteiger charge is -2.57. The Balaban J connectivity index is 2.00. The van der Waals surface area contributed by atoms with Crippen LogP contribution in [0.1, 0.15) is 12.0 Å². The average molecular weight is 409 g/mol. The molecule has 1 fully saturated rings. The third-order valence-corrected chi connectivity index (χ3v) is 4.95. The first-order valence-corrected chi connectivity index (χ1v) is 9.10. The SMILES string of the molecule is COc1ccc(C[C@@]2(C(=O)[O-])[C@@H](CC=NN=C(N)N)C(=O)N2c2ccccn2)cc1. The number of nitrogens with two attached hydrogens (primary N) is 2. The van der Waals surface area contributed by atoms with Crippen LogP contribution in [0.15, 0.2) is 58.9 Å². The molecule has 1 aromatic heterocycles. The monoisotopic (exact) mass is 409 g/mol. The largest absolute Gasteiger partial charge is 0.548 e. The van der Waals surface area contributed by atoms with Gasteiger partial charge in [-0.1, -0.05) is 18.2 Å². The van der Waals surface area contributed by atoms with E-state index in [0.717, 1.165) is 0 Å². The van der Waals surface area contributed by atoms with Gasteiger partial charge in [-0.05, 0) is 36.2 Å². The van der Waals surface area contributed by atoms with E-state index in [1.807, 2.05) is 0 Å². The molecule has 0 radical (unpaired) electrons. The number of guanidine groups is 1. The second-order valence-corrected chi connectivity index (χ2v) is 6.71. The maximum Gasteiger partial charge on any atom is 0.235 e. The summed E-state index contributed by atoms with van der Waals surface area (Å²) in [6.07, 6.45) is 2.83. The second-order valence-electron chi connectivity index (χ2n) is 6.71. The van der Waals surface area contributed by atoms with Crippen LogP contribution in [-0.4, -0.2) is 41.7 Å². The van der Waals surface area contributed by atoms with Crippen molar-refractivity contribution in [3.63, 3.8) is 0 Å². The number of anilines is 1. The average Bonchev–Trinajstić information content (AvgIpc) is 2.73. The Bertz CT molecular complexity index is 973. The van der Waals surface area contributed by atoms with E-state index in [9.17, 15) is 14.7 Å². The molecule has 0 saturated carbocycles. The van der Waals surface area contributed by atoms with Crippen molar-refractivity contribution in [1.82, 2.24) is 4.98 Å². The number of aliphatic carboxylic acids is 1. The molecule has 1 amide bonds. The molecule has 3 rings (SSSR count). The van der Waals surface area contributed by atoms with E-state index in [4.69, 9.17) is 16.2 Å². The highest BCUT2D eigenvalue weighted by Gasteiger charge is 2.61. The van der Waals surface area contributed by atoms with Crippen molar-refractivity contribution in [2.45, 2.75) is 18.4 Å². The number of nitrogens with zero attached hydrogens (tertiary/aromatic N) is 4. The number of carbonyl (C=O) groups excluding carboxylic acids is 2. The van der Waals surface area contributed by atoms with Gasteiger partial charge in [-0.15, -0.1) is 5.10 Å². The number of hydrogen-bond donors (Lipinski definition) is 2. The van der Waals surface area contributed by atoms with Crippen molar-refractivity contribution in [3.05, 3.63) is 54.2 Å². The van der Waals surface area contributed by atoms with Crippen molar-refractivity contribution in [3.8, 4) is 5.75 Å². The molecule has 1 aliphatic heterocycles. The first-order valence-electron chi connectivity index (χ1n) is 9.10. The lowest BCUT2D eigenvalue weighted by Crippen LogP contribution is -2.79. The predicted octanol–water partition coefficient (Wildman–Crippen LogP) is -0.566. The van der Waals surface area contributed by atoms with Crippen LogP contribution in [-0.2, 0) is 16.0 Å². The van der Waals surface area contributed by atoms with E-state index in [1.165, 1.54) is 24.4 Å². The van der Waals surface area contributed by atoms with Crippen LogP contribution in [0.4, 0.5) is 5.82 Å². The predicted molar refractivity (Wildman–Crippen MR) is 109 cm³/mol. The number of carboxylic acid groups (broad SMARTS) is 1. The molecule has 10 nitrogen and oxygen atoms in total. The van der Waals surface area contributed by atoms with Gasteiger partial charge < -0.3 is 26.1 Å². The number of amides is 1. The maximum absolute atomic E-state index is 12.9. The minimum absolute atomic E-state index is 0.0163. The molecule has 4 N–H and O–H groups in total. The van der Waals surface area contributed by atoms with Crippen LogP contribution in [0.5, 0.6) is 5.75 Å². The minimum atomic E-state index is -1.65. The molecule has 2 aromatic rings. The van der Waals surface area contributed by atoms with Crippen LogP contribution in [0.2, 0.25) is 0 Å². The molecule has 0 spiro atoms. The van der Waals surface area contributed by atoms with Gasteiger partial charge in [-0.3, -0.25) is 9.69 Å². The summed E-state index contributed by atoms with van der Waals surface area (Å²) in [6, 6.07) is 11.9. The summed E-state index contributed by atoms with van der Waals surface area (Å²) < 4.78 is 5.15. The van der Waals surface area contributed by atoms with E-state index >= 15 is 0 Å². The summed E-state index contributed by atoms with van der Waals surface area (Å²) in [5.74, 6) is -2.09. The normalized spacial score (nSPS) is 20.6. The number of β-lactam (4-membered cyclic amide) rings is 1. The number of carbonyl (C=O) groups is 2. The van der Waals surface area contributed by atoms with Gasteiger partial charge in [0.05, 0.1) is 19.0 Å². The molecule has 2 heterocycles. The number of hydrogen-bond acceptors (Lipinski definition) is 7. The summed E-state index contributed by atoms with van der Waals surface area (Å²) in [4.78, 5) is 30.7. The lowest BCUT2D eigenvalue weighted by atomic mass is 9.68. The van der Waals surface area contributed by atoms with Gasteiger partial charge in [0.1, 0.15) is 17.1 Å². The number of benzene rings is 1. The van der Waals surface area contributed by atoms with Gasteiger partial charge in [-0.2, -0.15) is 5.10 Å². The molecule has 0 aliphatic carbocycles. The quantitative estimate of drug-likeness (QED) is 0.256. The molecule has 10 heteroatoms. The zero-order valence-electron chi connectivity index (χ0n) is 16.3. The third-order valence-electron chi connectivity index (χ3n) is 4.95. The number of rotatable bonds is 8. The van der Waals surface area contributed by atoms with Crippen LogP contribution < -0.4 is 26.2 Å². The Hall–Kier alpha value is -3.95. The maximum atomic E-state index is 12.9. The molecule has 0 unspecified atom stereocenters. The molecule has 1 aliphatic rings. The zero-order valence-corrected chi connectivity index (χ0v) is 16.3. The number of pyridine rings is 1. The molecule has 2 atom stereocenters. The fourth-order valence-electron chi connectivity index (χ4n) is 3.57. The van der Waals surface area contributed by atoms with Gasteiger partial charge in [0, 0.05) is 18.8 Å². The molecular formula is C20H21N6O4-. The van der Waals surface area contributed by atoms with Gasteiger partial charge in [0.25, 0.3) is 0 Å². The fourth-order valence-corrected chi connectivity index (χ4v) is 3.57. The number of aromatic nitrogens is 1. The van der Waals surface area contributed by atoms with Crippen LogP contribution in [0.25, 0.3) is 0 Å². The molecule has 1 aromatic carbocycles.